The first-order chi connectivity index (χ1) is 25.1. The van der Waals surface area contributed by atoms with E-state index in [1.165, 1.54) is 19.3 Å². The highest BCUT2D eigenvalue weighted by Gasteiger charge is 2.25. The maximum Gasteiger partial charge on any atom is 0.306 e. The molecule has 0 N–H and O–H groups in total. The maximum absolute atomic E-state index is 12.6. The monoisotopic (exact) mass is 728 g/mol. The third-order valence-corrected chi connectivity index (χ3v) is 8.33. The number of nitrogens with zero attached hydrogens (tertiary/aromatic N) is 1. The summed E-state index contributed by atoms with van der Waals surface area (Å²) in [5.74, 6) is -1.84. The average molecular weight is 728 g/mol. The second-order valence-corrected chi connectivity index (χ2v) is 14.1. The molecule has 8 heteroatoms. The summed E-state index contributed by atoms with van der Waals surface area (Å²) in [4.78, 5) is 36.7. The van der Waals surface area contributed by atoms with Crippen molar-refractivity contribution in [3.63, 3.8) is 0 Å². The molecule has 0 saturated heterocycles. The van der Waals surface area contributed by atoms with Crippen LogP contribution < -0.4 is 5.11 Å². The second-order valence-electron chi connectivity index (χ2n) is 14.1. The number of likely N-dealkylation sites (N-methyl/N-ethyl adjacent to an activating group) is 1. The third-order valence-electron chi connectivity index (χ3n) is 8.33. The number of quaternary nitrogens is 1. The van der Waals surface area contributed by atoms with Crippen molar-refractivity contribution in [2.24, 2.45) is 0 Å². The molecule has 0 aromatic rings. The van der Waals surface area contributed by atoms with Crippen LogP contribution in [0, 0.1) is 0 Å². The van der Waals surface area contributed by atoms with E-state index in [0.717, 1.165) is 77.0 Å². The van der Waals surface area contributed by atoms with Crippen molar-refractivity contribution < 1.29 is 38.2 Å². The molecule has 0 fully saturated rings. The van der Waals surface area contributed by atoms with Crippen LogP contribution in [-0.4, -0.2) is 75.5 Å². The van der Waals surface area contributed by atoms with Crippen LogP contribution in [0.3, 0.4) is 0 Å². The van der Waals surface area contributed by atoms with Gasteiger partial charge in [0, 0.05) is 19.3 Å². The lowest BCUT2D eigenvalue weighted by atomic mass is 10.1. The smallest absolute Gasteiger partial charge is 0.306 e. The van der Waals surface area contributed by atoms with E-state index in [-0.39, 0.29) is 49.1 Å². The van der Waals surface area contributed by atoms with Gasteiger partial charge in [0.25, 0.3) is 0 Å². The standard InChI is InChI=1S/C44H73NO7/c1-6-8-10-12-14-16-18-19-20-21-22-23-25-27-29-31-33-35-43(47)52-40(38-50-37-36-41(44(48)49)45(3,4)5)39-51-42(46)34-32-30-28-26-24-17-15-13-11-9-7-2/h8,10,13-16,19-20,22-23,27,29,40-41H,6-7,9,11-12,17-18,21,24-26,28,30-39H2,1-5H3/b10-8+,15-13+,16-14+,20-19+,23-22+,29-27+. The summed E-state index contributed by atoms with van der Waals surface area (Å²) < 4.78 is 17.0. The molecule has 0 heterocycles. The Morgan fingerprint density at radius 1 is 0.596 bits per heavy atom. The lowest BCUT2D eigenvalue weighted by molar-refractivity contribution is -0.889. The highest BCUT2D eigenvalue weighted by atomic mass is 16.6. The number of ether oxygens (including phenoxy) is 3. The van der Waals surface area contributed by atoms with E-state index >= 15 is 0 Å². The number of carboxylic acid groups (broad SMARTS) is 1. The molecule has 0 aliphatic carbocycles. The van der Waals surface area contributed by atoms with Crippen molar-refractivity contribution in [3.05, 3.63) is 72.9 Å². The van der Waals surface area contributed by atoms with E-state index in [0.29, 0.717) is 12.8 Å². The summed E-state index contributed by atoms with van der Waals surface area (Å²) in [5, 5.41) is 11.6. The van der Waals surface area contributed by atoms with Crippen LogP contribution in [0.1, 0.15) is 136 Å². The van der Waals surface area contributed by atoms with E-state index < -0.39 is 18.1 Å². The molecule has 0 aliphatic rings. The molecule has 8 nitrogen and oxygen atoms in total. The Hall–Kier alpha value is -3.23. The first-order valence-corrected chi connectivity index (χ1v) is 20.0. The van der Waals surface area contributed by atoms with Crippen molar-refractivity contribution >= 4 is 17.9 Å². The number of carboxylic acids is 1. The van der Waals surface area contributed by atoms with Gasteiger partial charge in [0.1, 0.15) is 12.6 Å². The van der Waals surface area contributed by atoms with E-state index in [9.17, 15) is 19.5 Å². The lowest BCUT2D eigenvalue weighted by Gasteiger charge is -2.34. The van der Waals surface area contributed by atoms with Gasteiger partial charge in [-0.25, -0.2) is 0 Å². The van der Waals surface area contributed by atoms with Crippen molar-refractivity contribution in [2.45, 2.75) is 148 Å². The predicted molar refractivity (Wildman–Crippen MR) is 212 cm³/mol. The van der Waals surface area contributed by atoms with Gasteiger partial charge in [0.2, 0.25) is 0 Å². The molecule has 0 aromatic heterocycles. The van der Waals surface area contributed by atoms with E-state index in [4.69, 9.17) is 14.2 Å². The first kappa shape index (κ1) is 48.8. The SMILES string of the molecule is CC/C=C/C/C=C/C/C=C/C/C=C/C/C=C/CCCC(=O)OC(COCCC(C(=O)[O-])[N+](C)(C)C)COC(=O)CCCCCCC/C=C/CCCC. The minimum absolute atomic E-state index is 0.0115. The summed E-state index contributed by atoms with van der Waals surface area (Å²) in [6.07, 6.45) is 42.2. The Labute approximate surface area is 317 Å². The molecular formula is C44H73NO7. The highest BCUT2D eigenvalue weighted by Crippen LogP contribution is 2.11. The molecule has 52 heavy (non-hydrogen) atoms. The Kier molecular flexibility index (Phi) is 32.7. The van der Waals surface area contributed by atoms with Gasteiger partial charge >= 0.3 is 11.9 Å². The molecule has 0 aliphatic heterocycles. The molecule has 0 radical (unpaired) electrons. The van der Waals surface area contributed by atoms with Crippen LogP contribution in [0.4, 0.5) is 0 Å². The van der Waals surface area contributed by atoms with E-state index in [2.05, 4.69) is 86.8 Å². The summed E-state index contributed by atoms with van der Waals surface area (Å²) in [6.45, 7) is 4.41. The number of esters is 2. The van der Waals surface area contributed by atoms with Gasteiger partial charge in [0.15, 0.2) is 6.10 Å². The lowest BCUT2D eigenvalue weighted by Crippen LogP contribution is -2.55. The molecule has 0 aromatic carbocycles. The molecule has 296 valence electrons. The Morgan fingerprint density at radius 3 is 1.67 bits per heavy atom. The zero-order valence-electron chi connectivity index (χ0n) is 33.4. The zero-order chi connectivity index (χ0) is 38.5. The molecule has 0 rings (SSSR count). The summed E-state index contributed by atoms with van der Waals surface area (Å²) in [7, 11) is 5.37. The van der Waals surface area contributed by atoms with Gasteiger partial charge in [-0.2, -0.15) is 0 Å². The molecular weight excluding hydrogens is 654 g/mol. The van der Waals surface area contributed by atoms with Crippen molar-refractivity contribution in [3.8, 4) is 0 Å². The minimum Gasteiger partial charge on any atom is -0.544 e. The third kappa shape index (κ3) is 32.7. The molecule has 0 amide bonds. The highest BCUT2D eigenvalue weighted by molar-refractivity contribution is 5.70. The first-order valence-electron chi connectivity index (χ1n) is 20.0. The molecule has 0 bridgehead atoms. The number of carbonyl (C=O) groups excluding carboxylic acids is 3. The predicted octanol–water partition coefficient (Wildman–Crippen LogP) is 9.07. The fourth-order valence-electron chi connectivity index (χ4n) is 5.20. The summed E-state index contributed by atoms with van der Waals surface area (Å²) >= 11 is 0. The normalized spacial score (nSPS) is 13.8. The Morgan fingerprint density at radius 2 is 1.10 bits per heavy atom. The molecule has 0 spiro atoms. The van der Waals surface area contributed by atoms with Crippen molar-refractivity contribution in [1.29, 1.82) is 0 Å². The van der Waals surface area contributed by atoms with Crippen LogP contribution in [0.2, 0.25) is 0 Å². The topological polar surface area (TPSA) is 102 Å². The average Bonchev–Trinajstić information content (AvgIpc) is 3.09. The second kappa shape index (κ2) is 34.8. The largest absolute Gasteiger partial charge is 0.544 e. The maximum atomic E-state index is 12.6. The number of aliphatic carboxylic acids is 1. The number of hydrogen-bond donors (Lipinski definition) is 0. The zero-order valence-corrected chi connectivity index (χ0v) is 33.4. The number of allylic oxidation sites excluding steroid dienone is 12. The van der Waals surface area contributed by atoms with Gasteiger partial charge < -0.3 is 28.6 Å². The van der Waals surface area contributed by atoms with Gasteiger partial charge in [-0.3, -0.25) is 9.59 Å². The van der Waals surface area contributed by atoms with Crippen LogP contribution >= 0.6 is 0 Å². The van der Waals surface area contributed by atoms with Crippen LogP contribution in [0.15, 0.2) is 72.9 Å². The van der Waals surface area contributed by atoms with Gasteiger partial charge in [-0.05, 0) is 70.6 Å². The fourth-order valence-corrected chi connectivity index (χ4v) is 5.20. The quantitative estimate of drug-likeness (QED) is 0.0282. The summed E-state index contributed by atoms with van der Waals surface area (Å²) in [6, 6.07) is -0.739. The van der Waals surface area contributed by atoms with Crippen molar-refractivity contribution in [1.82, 2.24) is 0 Å². The van der Waals surface area contributed by atoms with Crippen LogP contribution in [0.5, 0.6) is 0 Å². The summed E-state index contributed by atoms with van der Waals surface area (Å²) in [5.41, 5.74) is 0. The fraction of sp³-hybridized carbons (Fsp3) is 0.659. The number of unbranched alkanes of at least 4 members (excludes halogenated alkanes) is 8. The minimum atomic E-state index is -1.14. The Bertz CT molecular complexity index is 1080. The van der Waals surface area contributed by atoms with E-state index in [1.807, 2.05) is 0 Å². The van der Waals surface area contributed by atoms with Crippen molar-refractivity contribution in [2.75, 3.05) is 41.0 Å². The molecule has 0 saturated carbocycles. The molecule has 2 atom stereocenters. The van der Waals surface area contributed by atoms with Crippen LogP contribution in [0.25, 0.3) is 0 Å². The molecule has 2 unspecified atom stereocenters. The number of rotatable bonds is 34. The number of hydrogen-bond acceptors (Lipinski definition) is 7. The van der Waals surface area contributed by atoms with Gasteiger partial charge in [-0.15, -0.1) is 0 Å². The van der Waals surface area contributed by atoms with Gasteiger partial charge in [-0.1, -0.05) is 119 Å². The number of carbonyl (C=O) groups is 3. The van der Waals surface area contributed by atoms with Crippen LogP contribution in [-0.2, 0) is 28.6 Å². The van der Waals surface area contributed by atoms with E-state index in [1.54, 1.807) is 21.1 Å². The Balaban J connectivity index is 4.53. The van der Waals surface area contributed by atoms with Gasteiger partial charge in [0.05, 0.1) is 40.3 Å².